The zero-order valence-electron chi connectivity index (χ0n) is 21.3. The summed E-state index contributed by atoms with van der Waals surface area (Å²) in [5.41, 5.74) is 6.72. The van der Waals surface area contributed by atoms with E-state index in [2.05, 4.69) is 15.0 Å². The van der Waals surface area contributed by atoms with E-state index in [1.807, 2.05) is 6.92 Å². The van der Waals surface area contributed by atoms with Gasteiger partial charge in [-0.05, 0) is 67.9 Å². The van der Waals surface area contributed by atoms with Crippen LogP contribution < -0.4 is 21.3 Å². The number of rotatable bonds is 9. The van der Waals surface area contributed by atoms with Crippen molar-refractivity contribution in [2.45, 2.75) is 95.7 Å². The normalized spacial score (nSPS) is 17.4. The largest absolute Gasteiger partial charge is 0.395 e. The highest BCUT2D eigenvalue weighted by Gasteiger charge is 2.35. The number of amides is 3. The van der Waals surface area contributed by atoms with Gasteiger partial charge in [-0.3, -0.25) is 19.3 Å². The molecule has 1 aromatic heterocycles. The van der Waals surface area contributed by atoms with Gasteiger partial charge in [-0.25, -0.2) is 4.39 Å². The highest BCUT2D eigenvalue weighted by atomic mass is 32.1. The first-order chi connectivity index (χ1) is 17.9. The molecule has 1 heterocycles. The summed E-state index contributed by atoms with van der Waals surface area (Å²) >= 11 is 0.848. The van der Waals surface area contributed by atoms with Crippen LogP contribution in [0.2, 0.25) is 0 Å². The summed E-state index contributed by atoms with van der Waals surface area (Å²) in [7, 11) is 0. The van der Waals surface area contributed by atoms with Crippen molar-refractivity contribution >= 4 is 40.6 Å². The number of hydrogen-bond donors (Lipinski definition) is 3. The van der Waals surface area contributed by atoms with Crippen LogP contribution in [0.1, 0.15) is 97.7 Å². The zero-order valence-corrected chi connectivity index (χ0v) is 22.1. The lowest BCUT2D eigenvalue weighted by Crippen LogP contribution is -2.51. The number of nitrogens with one attached hydrogen (secondary N) is 2. The summed E-state index contributed by atoms with van der Waals surface area (Å²) in [6.45, 7) is 1.94. The fourth-order valence-corrected chi connectivity index (χ4v) is 6.02. The highest BCUT2D eigenvalue weighted by molar-refractivity contribution is 7.09. The molecule has 200 valence electrons. The van der Waals surface area contributed by atoms with Crippen molar-refractivity contribution < 1.29 is 18.8 Å². The predicted molar refractivity (Wildman–Crippen MR) is 143 cm³/mol. The predicted octanol–water partition coefficient (Wildman–Crippen LogP) is 4.80. The van der Waals surface area contributed by atoms with Crippen LogP contribution in [0.15, 0.2) is 24.3 Å². The Morgan fingerprint density at radius 2 is 1.62 bits per heavy atom. The number of carbonyl (C=O) groups is 3. The molecule has 2 saturated carbocycles. The van der Waals surface area contributed by atoms with E-state index < -0.39 is 23.7 Å². The van der Waals surface area contributed by atoms with E-state index in [0.29, 0.717) is 18.5 Å². The number of hydrogen-bond acceptors (Lipinski definition) is 6. The molecule has 10 heteroatoms. The van der Waals surface area contributed by atoms with Gasteiger partial charge in [0.15, 0.2) is 5.69 Å². The molecule has 0 spiro atoms. The van der Waals surface area contributed by atoms with E-state index in [1.165, 1.54) is 29.2 Å². The van der Waals surface area contributed by atoms with Crippen LogP contribution in [0.3, 0.4) is 0 Å². The SMILES string of the molecule is CCCC(C(=O)NC1CCCC1)N(C(=O)c1snc(C(=O)NC2CCCCC2)c1N)c1ccc(F)cc1. The monoisotopic (exact) mass is 529 g/mol. The molecule has 37 heavy (non-hydrogen) atoms. The maximum atomic E-state index is 13.9. The summed E-state index contributed by atoms with van der Waals surface area (Å²) in [5.74, 6) is -1.61. The highest BCUT2D eigenvalue weighted by Crippen LogP contribution is 2.30. The molecule has 1 aromatic carbocycles. The molecule has 2 aliphatic rings. The van der Waals surface area contributed by atoms with Gasteiger partial charge in [-0.1, -0.05) is 45.4 Å². The molecule has 4 N–H and O–H groups in total. The molecular formula is C27H36FN5O3S. The van der Waals surface area contributed by atoms with Gasteiger partial charge in [0, 0.05) is 17.8 Å². The summed E-state index contributed by atoms with van der Waals surface area (Å²) in [5, 5.41) is 6.09. The van der Waals surface area contributed by atoms with Gasteiger partial charge in [0.2, 0.25) is 5.91 Å². The molecular weight excluding hydrogens is 493 g/mol. The summed E-state index contributed by atoms with van der Waals surface area (Å²) in [6, 6.07) is 4.81. The van der Waals surface area contributed by atoms with Gasteiger partial charge >= 0.3 is 0 Å². The van der Waals surface area contributed by atoms with E-state index in [1.54, 1.807) is 0 Å². The van der Waals surface area contributed by atoms with E-state index in [4.69, 9.17) is 5.73 Å². The standard InChI is InChI=1S/C27H36FN5O3S/c1-2-8-21(25(34)30-18-11-6-7-12-18)33(20-15-13-17(28)14-16-20)27(36)24-22(29)23(32-37-24)26(35)31-19-9-4-3-5-10-19/h13-16,18-19,21H,2-12,29H2,1H3,(H,30,34)(H,31,35). The summed E-state index contributed by atoms with van der Waals surface area (Å²) in [4.78, 5) is 41.8. The lowest BCUT2D eigenvalue weighted by Gasteiger charge is -2.31. The van der Waals surface area contributed by atoms with Crippen LogP contribution in [0.25, 0.3) is 0 Å². The number of nitrogens with zero attached hydrogens (tertiary/aromatic N) is 2. The third-order valence-electron chi connectivity index (χ3n) is 7.28. The Hall–Kier alpha value is -3.01. The molecule has 1 unspecified atom stereocenters. The summed E-state index contributed by atoms with van der Waals surface area (Å²) < 4.78 is 18.0. The second-order valence-corrected chi connectivity index (χ2v) is 10.8. The first-order valence-corrected chi connectivity index (χ1v) is 14.1. The molecule has 3 amide bonds. The minimum Gasteiger partial charge on any atom is -0.395 e. The van der Waals surface area contributed by atoms with Crippen molar-refractivity contribution in [3.05, 3.63) is 40.7 Å². The Labute approximate surface area is 221 Å². The molecule has 0 aliphatic heterocycles. The van der Waals surface area contributed by atoms with E-state index in [-0.39, 0.29) is 34.2 Å². The van der Waals surface area contributed by atoms with Crippen molar-refractivity contribution in [2.24, 2.45) is 0 Å². The molecule has 2 aromatic rings. The van der Waals surface area contributed by atoms with Gasteiger partial charge < -0.3 is 16.4 Å². The van der Waals surface area contributed by atoms with Crippen molar-refractivity contribution in [1.29, 1.82) is 0 Å². The number of halogens is 1. The fourth-order valence-electron chi connectivity index (χ4n) is 5.28. The van der Waals surface area contributed by atoms with Crippen molar-refractivity contribution in [2.75, 3.05) is 10.6 Å². The summed E-state index contributed by atoms with van der Waals surface area (Å²) in [6.07, 6.45) is 10.1. The lowest BCUT2D eigenvalue weighted by molar-refractivity contribution is -0.123. The Morgan fingerprint density at radius 1 is 1.03 bits per heavy atom. The van der Waals surface area contributed by atoms with Crippen LogP contribution in [-0.4, -0.2) is 40.2 Å². The van der Waals surface area contributed by atoms with Gasteiger partial charge in [0.25, 0.3) is 11.8 Å². The Bertz CT molecular complexity index is 1090. The van der Waals surface area contributed by atoms with Gasteiger partial charge in [0.1, 0.15) is 16.7 Å². The molecule has 2 fully saturated rings. The fraction of sp³-hybridized carbons (Fsp3) is 0.556. The molecule has 0 bridgehead atoms. The van der Waals surface area contributed by atoms with E-state index in [9.17, 15) is 18.8 Å². The average Bonchev–Trinajstić information content (AvgIpc) is 3.54. The minimum atomic E-state index is -0.815. The first kappa shape index (κ1) is 27.0. The van der Waals surface area contributed by atoms with Crippen LogP contribution in [0, 0.1) is 5.82 Å². The van der Waals surface area contributed by atoms with E-state index >= 15 is 0 Å². The molecule has 8 nitrogen and oxygen atoms in total. The number of aromatic nitrogens is 1. The topological polar surface area (TPSA) is 117 Å². The molecule has 0 radical (unpaired) electrons. The Kier molecular flexibility index (Phi) is 9.13. The minimum absolute atomic E-state index is 0.00173. The molecule has 0 saturated heterocycles. The van der Waals surface area contributed by atoms with E-state index in [0.717, 1.165) is 69.3 Å². The van der Waals surface area contributed by atoms with Crippen molar-refractivity contribution in [3.8, 4) is 0 Å². The van der Waals surface area contributed by atoms with Crippen LogP contribution in [0.5, 0.6) is 0 Å². The Morgan fingerprint density at radius 3 is 2.24 bits per heavy atom. The lowest BCUT2D eigenvalue weighted by atomic mass is 9.95. The smallest absolute Gasteiger partial charge is 0.273 e. The van der Waals surface area contributed by atoms with Crippen molar-refractivity contribution in [3.63, 3.8) is 0 Å². The molecule has 2 aliphatic carbocycles. The quantitative estimate of drug-likeness (QED) is 0.431. The second-order valence-electron chi connectivity index (χ2n) is 10.0. The number of anilines is 2. The maximum Gasteiger partial charge on any atom is 0.273 e. The Balaban J connectivity index is 1.62. The number of nitrogen functional groups attached to an aromatic ring is 1. The third kappa shape index (κ3) is 6.47. The second kappa shape index (κ2) is 12.5. The molecule has 4 rings (SSSR count). The van der Waals surface area contributed by atoms with Crippen LogP contribution in [-0.2, 0) is 4.79 Å². The maximum absolute atomic E-state index is 13.9. The van der Waals surface area contributed by atoms with Gasteiger partial charge in [-0.2, -0.15) is 4.37 Å². The van der Waals surface area contributed by atoms with Crippen LogP contribution >= 0.6 is 11.5 Å². The molecule has 1 atom stereocenters. The average molecular weight is 530 g/mol. The zero-order chi connectivity index (χ0) is 26.4. The van der Waals surface area contributed by atoms with Crippen molar-refractivity contribution in [1.82, 2.24) is 15.0 Å². The third-order valence-corrected chi connectivity index (χ3v) is 8.13. The number of benzene rings is 1. The van der Waals surface area contributed by atoms with Crippen LogP contribution in [0.4, 0.5) is 15.8 Å². The first-order valence-electron chi connectivity index (χ1n) is 13.3. The van der Waals surface area contributed by atoms with Gasteiger partial charge in [0.05, 0.1) is 5.69 Å². The van der Waals surface area contributed by atoms with Gasteiger partial charge in [-0.15, -0.1) is 0 Å². The number of carbonyl (C=O) groups excluding carboxylic acids is 3. The number of nitrogens with two attached hydrogens (primary N) is 1.